The van der Waals surface area contributed by atoms with Crippen molar-refractivity contribution in [1.29, 1.82) is 0 Å². The number of benzene rings is 1. The van der Waals surface area contributed by atoms with E-state index in [4.69, 9.17) is 16.3 Å². The third kappa shape index (κ3) is 4.80. The van der Waals surface area contributed by atoms with Crippen molar-refractivity contribution in [3.8, 4) is 0 Å². The number of hydrogen-bond acceptors (Lipinski definition) is 4. The van der Waals surface area contributed by atoms with E-state index in [0.29, 0.717) is 19.8 Å². The standard InChI is InChI=1S/C19H19ClFN3O2/c20-16-2-1-3-17(21)15(16)5-7-19(25)23-13-14-4-6-18(22-12-14)24-8-10-26-11-9-24/h1-7,12H,8-11,13H2,(H,23,25)/b7-5+. The van der Waals surface area contributed by atoms with Gasteiger partial charge in [0.2, 0.25) is 5.91 Å². The summed E-state index contributed by atoms with van der Waals surface area (Å²) in [6, 6.07) is 8.25. The minimum atomic E-state index is -0.468. The lowest BCUT2D eigenvalue weighted by molar-refractivity contribution is -0.116. The monoisotopic (exact) mass is 375 g/mol. The van der Waals surface area contributed by atoms with Crippen molar-refractivity contribution >= 4 is 29.4 Å². The molecule has 5 nitrogen and oxygen atoms in total. The molecule has 2 aromatic rings. The molecule has 2 heterocycles. The van der Waals surface area contributed by atoms with Gasteiger partial charge in [-0.05, 0) is 29.8 Å². The number of hydrogen-bond donors (Lipinski definition) is 1. The maximum atomic E-state index is 13.7. The van der Waals surface area contributed by atoms with Gasteiger partial charge < -0.3 is 15.0 Å². The predicted octanol–water partition coefficient (Wildman–Crippen LogP) is 3.04. The van der Waals surface area contributed by atoms with Gasteiger partial charge in [0.25, 0.3) is 0 Å². The number of ether oxygens (including phenoxy) is 1. The summed E-state index contributed by atoms with van der Waals surface area (Å²) in [6.45, 7) is 3.40. The second-order valence-corrected chi connectivity index (χ2v) is 6.22. The zero-order valence-electron chi connectivity index (χ0n) is 14.1. The lowest BCUT2D eigenvalue weighted by Crippen LogP contribution is -2.36. The first kappa shape index (κ1) is 18.4. The first-order valence-electron chi connectivity index (χ1n) is 8.31. The minimum Gasteiger partial charge on any atom is -0.378 e. The van der Waals surface area contributed by atoms with E-state index in [0.717, 1.165) is 24.5 Å². The van der Waals surface area contributed by atoms with Gasteiger partial charge in [0, 0.05) is 37.5 Å². The summed E-state index contributed by atoms with van der Waals surface area (Å²) in [5, 5.41) is 3.00. The van der Waals surface area contributed by atoms with Crippen LogP contribution < -0.4 is 10.2 Å². The van der Waals surface area contributed by atoms with Crippen LogP contribution in [0.2, 0.25) is 5.02 Å². The number of nitrogens with one attached hydrogen (secondary N) is 1. The molecule has 26 heavy (non-hydrogen) atoms. The largest absolute Gasteiger partial charge is 0.378 e. The molecule has 1 aliphatic rings. The summed E-state index contributed by atoms with van der Waals surface area (Å²) in [7, 11) is 0. The molecular formula is C19H19ClFN3O2. The number of carbonyl (C=O) groups is 1. The van der Waals surface area contributed by atoms with Crippen LogP contribution in [0, 0.1) is 5.82 Å². The Balaban J connectivity index is 1.53. The maximum absolute atomic E-state index is 13.7. The minimum absolute atomic E-state index is 0.195. The molecule has 136 valence electrons. The molecule has 1 N–H and O–H groups in total. The summed E-state index contributed by atoms with van der Waals surface area (Å²) in [6.07, 6.45) is 4.37. The Labute approximate surface area is 156 Å². The van der Waals surface area contributed by atoms with Crippen LogP contribution in [0.25, 0.3) is 6.08 Å². The van der Waals surface area contributed by atoms with Crippen LogP contribution in [-0.4, -0.2) is 37.2 Å². The van der Waals surface area contributed by atoms with Crippen LogP contribution >= 0.6 is 11.6 Å². The Bertz CT molecular complexity index is 770. The van der Waals surface area contributed by atoms with Crippen LogP contribution in [0.4, 0.5) is 10.2 Å². The van der Waals surface area contributed by atoms with Crippen molar-refractivity contribution < 1.29 is 13.9 Å². The number of rotatable bonds is 5. The van der Waals surface area contributed by atoms with E-state index < -0.39 is 5.82 Å². The van der Waals surface area contributed by atoms with Crippen molar-refractivity contribution in [2.24, 2.45) is 0 Å². The van der Waals surface area contributed by atoms with Crippen LogP contribution in [0.15, 0.2) is 42.6 Å². The Morgan fingerprint density at radius 1 is 1.31 bits per heavy atom. The van der Waals surface area contributed by atoms with E-state index in [1.165, 1.54) is 24.3 Å². The van der Waals surface area contributed by atoms with Gasteiger partial charge in [0.15, 0.2) is 0 Å². The van der Waals surface area contributed by atoms with Gasteiger partial charge >= 0.3 is 0 Å². The number of anilines is 1. The van der Waals surface area contributed by atoms with Crippen LogP contribution in [-0.2, 0) is 16.1 Å². The molecule has 0 atom stereocenters. The fourth-order valence-corrected chi connectivity index (χ4v) is 2.80. The maximum Gasteiger partial charge on any atom is 0.244 e. The van der Waals surface area contributed by atoms with E-state index in [1.807, 2.05) is 12.1 Å². The highest BCUT2D eigenvalue weighted by molar-refractivity contribution is 6.32. The predicted molar refractivity (Wildman–Crippen MR) is 99.6 cm³/mol. The average molecular weight is 376 g/mol. The zero-order valence-corrected chi connectivity index (χ0v) is 14.9. The molecule has 1 fully saturated rings. The van der Waals surface area contributed by atoms with Gasteiger partial charge in [0.1, 0.15) is 11.6 Å². The molecule has 0 aliphatic carbocycles. The van der Waals surface area contributed by atoms with Gasteiger partial charge in [-0.1, -0.05) is 23.7 Å². The number of morpholine rings is 1. The summed E-state index contributed by atoms with van der Waals surface area (Å²) >= 11 is 5.92. The van der Waals surface area contributed by atoms with Crippen molar-refractivity contribution in [3.63, 3.8) is 0 Å². The Morgan fingerprint density at radius 2 is 2.12 bits per heavy atom. The summed E-state index contributed by atoms with van der Waals surface area (Å²) in [5.74, 6) is 0.100. The molecule has 1 aromatic heterocycles. The van der Waals surface area contributed by atoms with Crippen LogP contribution in [0.5, 0.6) is 0 Å². The number of carbonyl (C=O) groups excluding carboxylic acids is 1. The van der Waals surface area contributed by atoms with Crippen molar-refractivity contribution in [2.45, 2.75) is 6.54 Å². The normalized spacial score (nSPS) is 14.6. The summed E-state index contributed by atoms with van der Waals surface area (Å²) in [4.78, 5) is 18.5. The van der Waals surface area contributed by atoms with E-state index >= 15 is 0 Å². The third-order valence-corrected chi connectivity index (χ3v) is 4.34. The van der Waals surface area contributed by atoms with Gasteiger partial charge in [-0.15, -0.1) is 0 Å². The molecule has 0 spiro atoms. The fraction of sp³-hybridized carbons (Fsp3) is 0.263. The van der Waals surface area contributed by atoms with Gasteiger partial charge in [-0.25, -0.2) is 9.37 Å². The first-order valence-corrected chi connectivity index (χ1v) is 8.69. The van der Waals surface area contributed by atoms with Gasteiger partial charge in [-0.3, -0.25) is 4.79 Å². The molecule has 0 saturated carbocycles. The molecule has 1 aromatic carbocycles. The zero-order chi connectivity index (χ0) is 18.4. The molecule has 1 saturated heterocycles. The molecule has 0 radical (unpaired) electrons. The van der Waals surface area contributed by atoms with Crippen LogP contribution in [0.1, 0.15) is 11.1 Å². The van der Waals surface area contributed by atoms with Gasteiger partial charge in [0.05, 0.1) is 18.2 Å². The molecule has 3 rings (SSSR count). The molecule has 7 heteroatoms. The smallest absolute Gasteiger partial charge is 0.244 e. The Hall–Kier alpha value is -2.44. The highest BCUT2D eigenvalue weighted by atomic mass is 35.5. The summed E-state index contributed by atoms with van der Waals surface area (Å²) < 4.78 is 19.0. The van der Waals surface area contributed by atoms with E-state index in [2.05, 4.69) is 15.2 Å². The summed E-state index contributed by atoms with van der Waals surface area (Å²) in [5.41, 5.74) is 1.08. The Morgan fingerprint density at radius 3 is 2.81 bits per heavy atom. The molecular weight excluding hydrogens is 357 g/mol. The second-order valence-electron chi connectivity index (χ2n) is 5.81. The molecule has 0 bridgehead atoms. The molecule has 1 aliphatic heterocycles. The number of pyridine rings is 1. The van der Waals surface area contributed by atoms with Crippen molar-refractivity contribution in [3.05, 3.63) is 64.6 Å². The quantitative estimate of drug-likeness (QED) is 0.816. The number of aromatic nitrogens is 1. The van der Waals surface area contributed by atoms with E-state index in [9.17, 15) is 9.18 Å². The number of amides is 1. The molecule has 1 amide bonds. The highest BCUT2D eigenvalue weighted by Crippen LogP contribution is 2.20. The van der Waals surface area contributed by atoms with Crippen molar-refractivity contribution in [2.75, 3.05) is 31.2 Å². The van der Waals surface area contributed by atoms with E-state index in [-0.39, 0.29) is 16.5 Å². The fourth-order valence-electron chi connectivity index (χ4n) is 2.58. The highest BCUT2D eigenvalue weighted by Gasteiger charge is 2.12. The topological polar surface area (TPSA) is 54.5 Å². The van der Waals surface area contributed by atoms with Crippen LogP contribution in [0.3, 0.4) is 0 Å². The lowest BCUT2D eigenvalue weighted by Gasteiger charge is -2.27. The van der Waals surface area contributed by atoms with E-state index in [1.54, 1.807) is 12.3 Å². The average Bonchev–Trinajstić information content (AvgIpc) is 2.67. The van der Waals surface area contributed by atoms with Gasteiger partial charge in [-0.2, -0.15) is 0 Å². The third-order valence-electron chi connectivity index (χ3n) is 4.01. The molecule has 0 unspecified atom stereocenters. The number of nitrogens with zero attached hydrogens (tertiary/aromatic N) is 2. The SMILES string of the molecule is O=C(/C=C/c1c(F)cccc1Cl)NCc1ccc(N2CCOCC2)nc1. The second kappa shape index (κ2) is 8.78. The van der Waals surface area contributed by atoms with Crippen molar-refractivity contribution in [1.82, 2.24) is 10.3 Å². The number of halogens is 2. The lowest BCUT2D eigenvalue weighted by atomic mass is 10.2. The first-order chi connectivity index (χ1) is 12.6. The Kier molecular flexibility index (Phi) is 6.20.